The summed E-state index contributed by atoms with van der Waals surface area (Å²) < 4.78 is 0. The number of allylic oxidation sites excluding steroid dienone is 1. The van der Waals surface area contributed by atoms with Gasteiger partial charge >= 0.3 is 5.97 Å². The summed E-state index contributed by atoms with van der Waals surface area (Å²) in [6.45, 7) is 7.83. The van der Waals surface area contributed by atoms with Crippen LogP contribution in [-0.2, 0) is 4.79 Å². The Hall–Kier alpha value is -0.790. The van der Waals surface area contributed by atoms with Gasteiger partial charge in [0.1, 0.15) is 0 Å². The third-order valence-corrected chi connectivity index (χ3v) is 2.02. The maximum atomic E-state index is 10.7. The van der Waals surface area contributed by atoms with Crippen molar-refractivity contribution in [3.05, 3.63) is 12.2 Å². The van der Waals surface area contributed by atoms with Crippen molar-refractivity contribution in [3.63, 3.8) is 0 Å². The molecule has 1 atom stereocenters. The van der Waals surface area contributed by atoms with E-state index in [-0.39, 0.29) is 5.92 Å². The number of carboxylic acid groups (broad SMARTS) is 1. The first-order valence-electron chi connectivity index (χ1n) is 4.51. The highest BCUT2D eigenvalue weighted by atomic mass is 16.4. The number of rotatable bonds is 6. The first-order valence-corrected chi connectivity index (χ1v) is 4.51. The second-order valence-corrected chi connectivity index (χ2v) is 3.13. The van der Waals surface area contributed by atoms with Crippen LogP contribution < -0.4 is 0 Å². The standard InChI is InChI=1S/C10H18O2/c1-4-6-9(10(11)12)7-8(3)5-2/h9H,3-7H2,1-2H3,(H,11,12). The fourth-order valence-electron chi connectivity index (χ4n) is 1.15. The average molecular weight is 170 g/mol. The molecule has 0 saturated carbocycles. The van der Waals surface area contributed by atoms with Crippen molar-refractivity contribution in [2.45, 2.75) is 39.5 Å². The van der Waals surface area contributed by atoms with Gasteiger partial charge in [0.05, 0.1) is 5.92 Å². The smallest absolute Gasteiger partial charge is 0.306 e. The fraction of sp³-hybridized carbons (Fsp3) is 0.700. The molecule has 0 bridgehead atoms. The summed E-state index contributed by atoms with van der Waals surface area (Å²) in [5, 5.41) is 8.81. The van der Waals surface area contributed by atoms with Crippen LogP contribution in [0.5, 0.6) is 0 Å². The molecule has 0 amide bonds. The SMILES string of the molecule is C=C(CC)CC(CCC)C(=O)O. The molecule has 1 unspecified atom stereocenters. The molecule has 70 valence electrons. The first-order chi connectivity index (χ1) is 5.61. The highest BCUT2D eigenvalue weighted by molar-refractivity contribution is 5.70. The Labute approximate surface area is 74.3 Å². The summed E-state index contributed by atoms with van der Waals surface area (Å²) >= 11 is 0. The Morgan fingerprint density at radius 1 is 1.50 bits per heavy atom. The summed E-state index contributed by atoms with van der Waals surface area (Å²) in [7, 11) is 0. The molecular weight excluding hydrogens is 152 g/mol. The molecule has 0 aromatic rings. The monoisotopic (exact) mass is 170 g/mol. The predicted octanol–water partition coefficient (Wildman–Crippen LogP) is 2.84. The molecule has 0 heterocycles. The number of hydrogen-bond acceptors (Lipinski definition) is 1. The van der Waals surface area contributed by atoms with Crippen LogP contribution >= 0.6 is 0 Å². The summed E-state index contributed by atoms with van der Waals surface area (Å²) in [6.07, 6.45) is 3.20. The third kappa shape index (κ3) is 4.16. The summed E-state index contributed by atoms with van der Waals surface area (Å²) in [5.74, 6) is -0.908. The van der Waals surface area contributed by atoms with E-state index in [2.05, 4.69) is 6.58 Å². The molecular formula is C10H18O2. The van der Waals surface area contributed by atoms with Crippen molar-refractivity contribution in [3.8, 4) is 0 Å². The Balaban J connectivity index is 3.95. The van der Waals surface area contributed by atoms with Crippen LogP contribution in [0.4, 0.5) is 0 Å². The van der Waals surface area contributed by atoms with E-state index in [1.165, 1.54) is 0 Å². The fourth-order valence-corrected chi connectivity index (χ4v) is 1.15. The Morgan fingerprint density at radius 2 is 2.08 bits per heavy atom. The van der Waals surface area contributed by atoms with Gasteiger partial charge in [0.25, 0.3) is 0 Å². The highest BCUT2D eigenvalue weighted by Gasteiger charge is 2.16. The van der Waals surface area contributed by atoms with Crippen molar-refractivity contribution >= 4 is 5.97 Å². The van der Waals surface area contributed by atoms with Gasteiger partial charge in [0.2, 0.25) is 0 Å². The zero-order valence-corrected chi connectivity index (χ0v) is 7.97. The maximum Gasteiger partial charge on any atom is 0.306 e. The van der Waals surface area contributed by atoms with E-state index in [4.69, 9.17) is 5.11 Å². The number of hydrogen-bond donors (Lipinski definition) is 1. The van der Waals surface area contributed by atoms with Crippen LogP contribution in [0.2, 0.25) is 0 Å². The minimum Gasteiger partial charge on any atom is -0.481 e. The van der Waals surface area contributed by atoms with Crippen molar-refractivity contribution < 1.29 is 9.90 Å². The number of carboxylic acids is 1. The summed E-state index contributed by atoms with van der Waals surface area (Å²) in [6, 6.07) is 0. The zero-order chi connectivity index (χ0) is 9.56. The van der Waals surface area contributed by atoms with E-state index in [0.29, 0.717) is 6.42 Å². The molecule has 0 aromatic heterocycles. The number of carbonyl (C=O) groups is 1. The van der Waals surface area contributed by atoms with Gasteiger partial charge in [-0.2, -0.15) is 0 Å². The topological polar surface area (TPSA) is 37.3 Å². The van der Waals surface area contributed by atoms with Crippen molar-refractivity contribution in [2.24, 2.45) is 5.92 Å². The van der Waals surface area contributed by atoms with Crippen LogP contribution in [0, 0.1) is 5.92 Å². The van der Waals surface area contributed by atoms with E-state index in [1.807, 2.05) is 13.8 Å². The van der Waals surface area contributed by atoms with Crippen LogP contribution in [0.25, 0.3) is 0 Å². The molecule has 2 nitrogen and oxygen atoms in total. The lowest BCUT2D eigenvalue weighted by atomic mass is 9.95. The van der Waals surface area contributed by atoms with Gasteiger partial charge in [0, 0.05) is 0 Å². The minimum absolute atomic E-state index is 0.220. The predicted molar refractivity (Wildman–Crippen MR) is 50.1 cm³/mol. The molecule has 0 spiro atoms. The van der Waals surface area contributed by atoms with E-state index in [9.17, 15) is 4.79 Å². The molecule has 0 radical (unpaired) electrons. The maximum absolute atomic E-state index is 10.7. The van der Waals surface area contributed by atoms with E-state index in [0.717, 1.165) is 24.8 Å². The summed E-state index contributed by atoms with van der Waals surface area (Å²) in [5.41, 5.74) is 1.04. The van der Waals surface area contributed by atoms with Crippen molar-refractivity contribution in [1.29, 1.82) is 0 Å². The normalized spacial score (nSPS) is 12.5. The van der Waals surface area contributed by atoms with Crippen LogP contribution in [-0.4, -0.2) is 11.1 Å². The molecule has 0 aliphatic heterocycles. The van der Waals surface area contributed by atoms with Crippen LogP contribution in [0.1, 0.15) is 39.5 Å². The third-order valence-electron chi connectivity index (χ3n) is 2.02. The summed E-state index contributed by atoms with van der Waals surface area (Å²) in [4.78, 5) is 10.7. The minimum atomic E-state index is -0.688. The molecule has 12 heavy (non-hydrogen) atoms. The van der Waals surface area contributed by atoms with Gasteiger partial charge in [-0.05, 0) is 19.3 Å². The van der Waals surface area contributed by atoms with Crippen LogP contribution in [0.3, 0.4) is 0 Å². The lowest BCUT2D eigenvalue weighted by Crippen LogP contribution is -2.13. The van der Waals surface area contributed by atoms with Crippen molar-refractivity contribution in [1.82, 2.24) is 0 Å². The second-order valence-electron chi connectivity index (χ2n) is 3.13. The van der Waals surface area contributed by atoms with Gasteiger partial charge < -0.3 is 5.11 Å². The molecule has 0 rings (SSSR count). The first kappa shape index (κ1) is 11.2. The highest BCUT2D eigenvalue weighted by Crippen LogP contribution is 2.17. The number of aliphatic carboxylic acids is 1. The van der Waals surface area contributed by atoms with Gasteiger partial charge in [0.15, 0.2) is 0 Å². The Bertz CT molecular complexity index is 159. The molecule has 0 aliphatic carbocycles. The van der Waals surface area contributed by atoms with Crippen LogP contribution in [0.15, 0.2) is 12.2 Å². The molecule has 2 heteroatoms. The van der Waals surface area contributed by atoms with Gasteiger partial charge in [-0.3, -0.25) is 4.79 Å². The van der Waals surface area contributed by atoms with Crippen molar-refractivity contribution in [2.75, 3.05) is 0 Å². The Kier molecular flexibility index (Phi) is 5.43. The van der Waals surface area contributed by atoms with E-state index >= 15 is 0 Å². The van der Waals surface area contributed by atoms with E-state index in [1.54, 1.807) is 0 Å². The lowest BCUT2D eigenvalue weighted by molar-refractivity contribution is -0.141. The molecule has 0 saturated heterocycles. The second kappa shape index (κ2) is 5.81. The van der Waals surface area contributed by atoms with Gasteiger partial charge in [-0.25, -0.2) is 0 Å². The Morgan fingerprint density at radius 3 is 2.42 bits per heavy atom. The van der Waals surface area contributed by atoms with E-state index < -0.39 is 5.97 Å². The zero-order valence-electron chi connectivity index (χ0n) is 7.97. The average Bonchev–Trinajstić information content (AvgIpc) is 2.03. The molecule has 0 fully saturated rings. The quantitative estimate of drug-likeness (QED) is 0.622. The molecule has 1 N–H and O–H groups in total. The van der Waals surface area contributed by atoms with Gasteiger partial charge in [-0.1, -0.05) is 32.4 Å². The molecule has 0 aromatic carbocycles. The molecule has 0 aliphatic rings. The largest absolute Gasteiger partial charge is 0.481 e. The van der Waals surface area contributed by atoms with Gasteiger partial charge in [-0.15, -0.1) is 0 Å². The lowest BCUT2D eigenvalue weighted by Gasteiger charge is -2.11.